The number of rotatable bonds is 3. The zero-order valence-corrected chi connectivity index (χ0v) is 16.5. The van der Waals surface area contributed by atoms with Gasteiger partial charge in [-0.25, -0.2) is 4.98 Å². The lowest BCUT2D eigenvalue weighted by molar-refractivity contribution is 0.854. The summed E-state index contributed by atoms with van der Waals surface area (Å²) in [5.41, 5.74) is 9.78. The molecule has 0 aliphatic heterocycles. The van der Waals surface area contributed by atoms with Crippen LogP contribution in [-0.2, 0) is 7.05 Å². The van der Waals surface area contributed by atoms with E-state index in [4.69, 9.17) is 17.3 Å². The molecule has 0 radical (unpaired) electrons. The molecule has 27 heavy (non-hydrogen) atoms. The van der Waals surface area contributed by atoms with Gasteiger partial charge in [-0.2, -0.15) is 0 Å². The van der Waals surface area contributed by atoms with E-state index in [9.17, 15) is 4.79 Å². The Morgan fingerprint density at radius 3 is 2.52 bits per heavy atom. The van der Waals surface area contributed by atoms with E-state index in [2.05, 4.69) is 18.0 Å². The van der Waals surface area contributed by atoms with Crippen LogP contribution in [0.3, 0.4) is 0 Å². The molecule has 0 saturated carbocycles. The van der Waals surface area contributed by atoms with Crippen molar-refractivity contribution in [3.63, 3.8) is 0 Å². The molecule has 3 heterocycles. The Morgan fingerprint density at radius 1 is 1.11 bits per heavy atom. The number of hydrogen-bond donors (Lipinski definition) is 1. The molecule has 4 aromatic rings. The van der Waals surface area contributed by atoms with Crippen molar-refractivity contribution < 1.29 is 0 Å². The largest absolute Gasteiger partial charge is 0.320 e. The van der Waals surface area contributed by atoms with Crippen molar-refractivity contribution in [2.45, 2.75) is 13.0 Å². The van der Waals surface area contributed by atoms with E-state index in [1.807, 2.05) is 36.4 Å². The number of aromatic nitrogens is 2. The van der Waals surface area contributed by atoms with E-state index < -0.39 is 0 Å². The van der Waals surface area contributed by atoms with Gasteiger partial charge in [0, 0.05) is 45.0 Å². The zero-order valence-electron chi connectivity index (χ0n) is 14.9. The van der Waals surface area contributed by atoms with Crippen LogP contribution in [0.15, 0.2) is 59.5 Å². The highest BCUT2D eigenvalue weighted by Crippen LogP contribution is 2.33. The Labute approximate surface area is 165 Å². The standard InChI is InChI=1S/C21H18ClN3OS/c1-12-3-8-18(27-12)16-10-19(26)25(2)21-17(16)9-14(11-24-21)20(23)13-4-6-15(22)7-5-13/h3-11,20H,23H2,1-2H3. The van der Waals surface area contributed by atoms with Gasteiger partial charge < -0.3 is 5.73 Å². The predicted octanol–water partition coefficient (Wildman–Crippen LogP) is 4.67. The molecule has 0 aliphatic carbocycles. The quantitative estimate of drug-likeness (QED) is 0.548. The van der Waals surface area contributed by atoms with Gasteiger partial charge in [-0.1, -0.05) is 23.7 Å². The molecule has 4 rings (SSSR count). The number of pyridine rings is 2. The van der Waals surface area contributed by atoms with E-state index in [1.165, 1.54) is 4.88 Å². The number of halogens is 1. The fourth-order valence-corrected chi connectivity index (χ4v) is 4.18. The van der Waals surface area contributed by atoms with Crippen LogP contribution in [0.5, 0.6) is 0 Å². The summed E-state index contributed by atoms with van der Waals surface area (Å²) in [6.07, 6.45) is 1.74. The second kappa shape index (κ2) is 6.93. The molecule has 2 N–H and O–H groups in total. The lowest BCUT2D eigenvalue weighted by Gasteiger charge is -2.15. The molecule has 0 saturated heterocycles. The Kier molecular flexibility index (Phi) is 4.60. The molecule has 4 nitrogen and oxygen atoms in total. The highest BCUT2D eigenvalue weighted by atomic mass is 35.5. The van der Waals surface area contributed by atoms with Crippen molar-refractivity contribution in [1.29, 1.82) is 0 Å². The first-order chi connectivity index (χ1) is 12.9. The first-order valence-corrected chi connectivity index (χ1v) is 9.71. The van der Waals surface area contributed by atoms with E-state index >= 15 is 0 Å². The second-order valence-corrected chi connectivity index (χ2v) is 8.26. The summed E-state index contributed by atoms with van der Waals surface area (Å²) in [6, 6.07) is 15.0. The molecule has 0 bridgehead atoms. The number of hydrogen-bond acceptors (Lipinski definition) is 4. The summed E-state index contributed by atoms with van der Waals surface area (Å²) in [7, 11) is 1.74. The van der Waals surface area contributed by atoms with Crippen LogP contribution in [-0.4, -0.2) is 9.55 Å². The minimum atomic E-state index is -0.325. The smallest absolute Gasteiger partial charge is 0.252 e. The summed E-state index contributed by atoms with van der Waals surface area (Å²) < 4.78 is 1.57. The van der Waals surface area contributed by atoms with Crippen LogP contribution in [0.1, 0.15) is 22.0 Å². The van der Waals surface area contributed by atoms with Crippen LogP contribution in [0, 0.1) is 6.92 Å². The van der Waals surface area contributed by atoms with E-state index in [0.717, 1.165) is 27.0 Å². The Balaban J connectivity index is 1.91. The molecule has 0 amide bonds. The Hall–Kier alpha value is -2.47. The van der Waals surface area contributed by atoms with Gasteiger partial charge in [0.1, 0.15) is 5.65 Å². The van der Waals surface area contributed by atoms with Gasteiger partial charge in [0.2, 0.25) is 0 Å². The van der Waals surface area contributed by atoms with Gasteiger partial charge >= 0.3 is 0 Å². The fourth-order valence-electron chi connectivity index (χ4n) is 3.16. The molecule has 0 spiro atoms. The second-order valence-electron chi connectivity index (χ2n) is 6.53. The monoisotopic (exact) mass is 395 g/mol. The number of nitrogens with zero attached hydrogens (tertiary/aromatic N) is 2. The Bertz CT molecular complexity index is 1190. The molecule has 3 aromatic heterocycles. The SMILES string of the molecule is Cc1ccc(-c2cc(=O)n(C)c3ncc(C(N)c4ccc(Cl)cc4)cc23)s1. The fraction of sp³-hybridized carbons (Fsp3) is 0.143. The predicted molar refractivity (Wildman–Crippen MR) is 113 cm³/mol. The van der Waals surface area contributed by atoms with E-state index in [-0.39, 0.29) is 11.6 Å². The van der Waals surface area contributed by atoms with Gasteiger partial charge in [-0.15, -0.1) is 11.3 Å². The maximum absolute atomic E-state index is 12.4. The van der Waals surface area contributed by atoms with Gasteiger partial charge in [0.25, 0.3) is 5.56 Å². The number of benzene rings is 1. The van der Waals surface area contributed by atoms with Crippen molar-refractivity contribution in [2.24, 2.45) is 12.8 Å². The summed E-state index contributed by atoms with van der Waals surface area (Å²) in [6.45, 7) is 2.05. The van der Waals surface area contributed by atoms with Crippen molar-refractivity contribution in [3.05, 3.63) is 86.1 Å². The maximum atomic E-state index is 12.4. The van der Waals surface area contributed by atoms with Crippen molar-refractivity contribution >= 4 is 34.0 Å². The van der Waals surface area contributed by atoms with Crippen LogP contribution in [0.4, 0.5) is 0 Å². The third-order valence-corrected chi connectivity index (χ3v) is 5.97. The zero-order chi connectivity index (χ0) is 19.1. The molecule has 1 aromatic carbocycles. The molecule has 1 unspecified atom stereocenters. The molecule has 136 valence electrons. The lowest BCUT2D eigenvalue weighted by Crippen LogP contribution is -2.18. The summed E-state index contributed by atoms with van der Waals surface area (Å²) in [5, 5.41) is 1.59. The van der Waals surface area contributed by atoms with Gasteiger partial charge in [-0.3, -0.25) is 9.36 Å². The summed E-state index contributed by atoms with van der Waals surface area (Å²) in [5.74, 6) is 0. The first kappa shape index (κ1) is 17.9. The third-order valence-electron chi connectivity index (χ3n) is 4.69. The van der Waals surface area contributed by atoms with Crippen LogP contribution in [0.2, 0.25) is 5.02 Å². The molecular weight excluding hydrogens is 378 g/mol. The van der Waals surface area contributed by atoms with Gasteiger partial charge in [-0.05, 0) is 48.4 Å². The van der Waals surface area contributed by atoms with E-state index in [1.54, 1.807) is 35.2 Å². The lowest BCUT2D eigenvalue weighted by atomic mass is 9.99. The van der Waals surface area contributed by atoms with Gasteiger partial charge in [0.05, 0.1) is 6.04 Å². The average molecular weight is 396 g/mol. The topological polar surface area (TPSA) is 60.9 Å². The maximum Gasteiger partial charge on any atom is 0.252 e. The van der Waals surface area contributed by atoms with E-state index in [0.29, 0.717) is 10.7 Å². The molecule has 6 heteroatoms. The van der Waals surface area contributed by atoms with Crippen molar-refractivity contribution in [3.8, 4) is 10.4 Å². The normalized spacial score (nSPS) is 12.4. The number of thiophene rings is 1. The van der Waals surface area contributed by atoms with Gasteiger partial charge in [0.15, 0.2) is 0 Å². The third kappa shape index (κ3) is 3.30. The van der Waals surface area contributed by atoms with Crippen molar-refractivity contribution in [1.82, 2.24) is 9.55 Å². The first-order valence-electron chi connectivity index (χ1n) is 8.51. The van der Waals surface area contributed by atoms with Crippen molar-refractivity contribution in [2.75, 3.05) is 0 Å². The van der Waals surface area contributed by atoms with Crippen LogP contribution in [0.25, 0.3) is 21.5 Å². The number of nitrogens with two attached hydrogens (primary N) is 1. The molecule has 0 aliphatic rings. The highest BCUT2D eigenvalue weighted by molar-refractivity contribution is 7.15. The minimum Gasteiger partial charge on any atom is -0.320 e. The van der Waals surface area contributed by atoms with Crippen LogP contribution >= 0.6 is 22.9 Å². The molecule has 1 atom stereocenters. The summed E-state index contributed by atoms with van der Waals surface area (Å²) >= 11 is 7.64. The molecular formula is C21H18ClN3OS. The summed E-state index contributed by atoms with van der Waals surface area (Å²) in [4.78, 5) is 19.2. The Morgan fingerprint density at radius 2 is 1.85 bits per heavy atom. The number of aryl methyl sites for hydroxylation is 2. The minimum absolute atomic E-state index is 0.0780. The van der Waals surface area contributed by atoms with Crippen LogP contribution < -0.4 is 11.3 Å². The highest BCUT2D eigenvalue weighted by Gasteiger charge is 2.15. The number of fused-ring (bicyclic) bond motifs is 1. The average Bonchev–Trinajstić information content (AvgIpc) is 3.10. The molecule has 0 fully saturated rings.